The monoisotopic (exact) mass is 478 g/mol. The number of nitrogens with zero attached hydrogens (tertiary/aromatic N) is 1. The maximum Gasteiger partial charge on any atom is 0.242 e. The third-order valence-corrected chi connectivity index (χ3v) is 5.77. The molecule has 1 N–H and O–H groups in total. The van der Waals surface area contributed by atoms with Gasteiger partial charge < -0.3 is 15.0 Å². The summed E-state index contributed by atoms with van der Waals surface area (Å²) in [6.07, 6.45) is 0.773. The zero-order valence-corrected chi connectivity index (χ0v) is 20.7. The fourth-order valence-electron chi connectivity index (χ4n) is 3.08. The van der Waals surface area contributed by atoms with E-state index in [2.05, 4.69) is 5.32 Å². The minimum absolute atomic E-state index is 0.152. The van der Waals surface area contributed by atoms with E-state index in [0.29, 0.717) is 41.1 Å². The van der Waals surface area contributed by atoms with Crippen LogP contribution in [0.25, 0.3) is 0 Å². The summed E-state index contributed by atoms with van der Waals surface area (Å²) in [5, 5.41) is 3.83. The molecule has 0 aromatic heterocycles. The lowest BCUT2D eigenvalue weighted by atomic mass is 10.1. The number of rotatable bonds is 11. The van der Waals surface area contributed by atoms with Crippen LogP contribution in [0.1, 0.15) is 44.7 Å². The van der Waals surface area contributed by atoms with Crippen molar-refractivity contribution >= 4 is 35.0 Å². The lowest BCUT2D eigenvalue weighted by Crippen LogP contribution is -2.48. The summed E-state index contributed by atoms with van der Waals surface area (Å²) in [5.41, 5.74) is 1.79. The van der Waals surface area contributed by atoms with Gasteiger partial charge in [-0.15, -0.1) is 0 Å². The zero-order chi connectivity index (χ0) is 23.7. The molecule has 0 bridgehead atoms. The van der Waals surface area contributed by atoms with E-state index in [-0.39, 0.29) is 24.8 Å². The van der Waals surface area contributed by atoms with Gasteiger partial charge in [0.05, 0.1) is 6.61 Å². The normalized spacial score (nSPS) is 11.8. The Morgan fingerprint density at radius 1 is 1.03 bits per heavy atom. The first kappa shape index (κ1) is 26.0. The minimum atomic E-state index is -0.661. The van der Waals surface area contributed by atoms with Gasteiger partial charge in [-0.2, -0.15) is 0 Å². The molecule has 1 unspecified atom stereocenters. The molecule has 0 saturated carbocycles. The van der Waals surface area contributed by atoms with Gasteiger partial charge >= 0.3 is 0 Å². The van der Waals surface area contributed by atoms with E-state index in [1.54, 1.807) is 25.1 Å². The Bertz CT molecular complexity index is 880. The van der Waals surface area contributed by atoms with Gasteiger partial charge in [0.25, 0.3) is 0 Å². The summed E-state index contributed by atoms with van der Waals surface area (Å²) in [6.45, 7) is 8.89. The van der Waals surface area contributed by atoms with E-state index in [0.717, 1.165) is 11.3 Å². The Hall–Kier alpha value is -2.24. The van der Waals surface area contributed by atoms with E-state index in [9.17, 15) is 9.59 Å². The SMILES string of the molecule is Cc1ccc(OCCCC(=O)N(Cc2c(Cl)cccc2Cl)C(C)C(=O)NCC(C)C)cc1. The number of hydrogen-bond donors (Lipinski definition) is 1. The van der Waals surface area contributed by atoms with Crippen molar-refractivity contribution in [1.82, 2.24) is 10.2 Å². The summed E-state index contributed by atoms with van der Waals surface area (Å²) in [7, 11) is 0. The van der Waals surface area contributed by atoms with E-state index < -0.39 is 6.04 Å². The summed E-state index contributed by atoms with van der Waals surface area (Å²) in [5.74, 6) is 0.725. The molecule has 1 atom stereocenters. The second kappa shape index (κ2) is 12.7. The first-order chi connectivity index (χ1) is 15.2. The summed E-state index contributed by atoms with van der Waals surface area (Å²) in [6, 6.07) is 12.3. The molecule has 7 heteroatoms. The van der Waals surface area contributed by atoms with Crippen LogP contribution in [0.2, 0.25) is 10.0 Å². The van der Waals surface area contributed by atoms with Crippen molar-refractivity contribution < 1.29 is 14.3 Å². The predicted molar refractivity (Wildman–Crippen MR) is 130 cm³/mol. The minimum Gasteiger partial charge on any atom is -0.494 e. The van der Waals surface area contributed by atoms with Gasteiger partial charge in [-0.05, 0) is 50.5 Å². The highest BCUT2D eigenvalue weighted by atomic mass is 35.5. The quantitative estimate of drug-likeness (QED) is 0.424. The molecule has 2 aromatic rings. The fraction of sp³-hybridized carbons (Fsp3) is 0.440. The van der Waals surface area contributed by atoms with Crippen molar-refractivity contribution in [2.75, 3.05) is 13.2 Å². The van der Waals surface area contributed by atoms with Crippen LogP contribution in [-0.2, 0) is 16.1 Å². The molecule has 0 fully saturated rings. The number of aryl methyl sites for hydroxylation is 1. The lowest BCUT2D eigenvalue weighted by molar-refractivity contribution is -0.140. The number of carbonyl (C=O) groups is 2. The van der Waals surface area contributed by atoms with Gasteiger partial charge in [-0.3, -0.25) is 9.59 Å². The molecule has 0 saturated heterocycles. The van der Waals surface area contributed by atoms with Crippen LogP contribution in [0.5, 0.6) is 5.75 Å². The predicted octanol–water partition coefficient (Wildman–Crippen LogP) is 5.65. The van der Waals surface area contributed by atoms with E-state index in [1.165, 1.54) is 4.90 Å². The van der Waals surface area contributed by atoms with Gasteiger partial charge in [-0.25, -0.2) is 0 Å². The Morgan fingerprint density at radius 3 is 2.25 bits per heavy atom. The average molecular weight is 479 g/mol. The van der Waals surface area contributed by atoms with Gasteiger partial charge in [0, 0.05) is 35.1 Å². The van der Waals surface area contributed by atoms with E-state index in [1.807, 2.05) is 45.0 Å². The highest BCUT2D eigenvalue weighted by molar-refractivity contribution is 6.36. The maximum absolute atomic E-state index is 13.1. The van der Waals surface area contributed by atoms with Gasteiger partial charge in [0.2, 0.25) is 11.8 Å². The highest BCUT2D eigenvalue weighted by Crippen LogP contribution is 2.27. The molecule has 0 aliphatic rings. The average Bonchev–Trinajstić information content (AvgIpc) is 2.75. The van der Waals surface area contributed by atoms with Crippen LogP contribution in [0.4, 0.5) is 0 Å². The maximum atomic E-state index is 13.1. The van der Waals surface area contributed by atoms with Crippen molar-refractivity contribution in [3.63, 3.8) is 0 Å². The largest absolute Gasteiger partial charge is 0.494 e. The number of benzene rings is 2. The molecule has 32 heavy (non-hydrogen) atoms. The second-order valence-electron chi connectivity index (χ2n) is 8.30. The first-order valence-electron chi connectivity index (χ1n) is 10.9. The Labute approximate surface area is 201 Å². The molecule has 0 heterocycles. The standard InChI is InChI=1S/C25H32Cl2N2O3/c1-17(2)15-28-25(31)19(4)29(16-21-22(26)7-5-8-23(21)27)24(30)9-6-14-32-20-12-10-18(3)11-13-20/h5,7-8,10-13,17,19H,6,9,14-16H2,1-4H3,(H,28,31). The molecular weight excluding hydrogens is 447 g/mol. The van der Waals surface area contributed by atoms with Gasteiger partial charge in [0.15, 0.2) is 0 Å². The van der Waals surface area contributed by atoms with Crippen molar-refractivity contribution in [3.8, 4) is 5.75 Å². The molecular formula is C25H32Cl2N2O3. The first-order valence-corrected chi connectivity index (χ1v) is 11.6. The van der Waals surface area contributed by atoms with Crippen LogP contribution in [-0.4, -0.2) is 35.9 Å². The zero-order valence-electron chi connectivity index (χ0n) is 19.2. The number of ether oxygens (including phenoxy) is 1. The molecule has 2 rings (SSSR count). The summed E-state index contributed by atoms with van der Waals surface area (Å²) < 4.78 is 5.73. The van der Waals surface area contributed by atoms with Crippen LogP contribution in [0, 0.1) is 12.8 Å². The number of halogens is 2. The number of nitrogens with one attached hydrogen (secondary N) is 1. The van der Waals surface area contributed by atoms with Crippen LogP contribution in [0.15, 0.2) is 42.5 Å². The third-order valence-electron chi connectivity index (χ3n) is 5.07. The van der Waals surface area contributed by atoms with Gasteiger partial charge in [0.1, 0.15) is 11.8 Å². The molecule has 5 nitrogen and oxygen atoms in total. The van der Waals surface area contributed by atoms with Crippen molar-refractivity contribution in [1.29, 1.82) is 0 Å². The van der Waals surface area contributed by atoms with E-state index in [4.69, 9.17) is 27.9 Å². The van der Waals surface area contributed by atoms with Crippen molar-refractivity contribution in [2.45, 2.75) is 53.1 Å². The Balaban J connectivity index is 2.05. The second-order valence-corrected chi connectivity index (χ2v) is 9.12. The number of hydrogen-bond acceptors (Lipinski definition) is 3. The Kier molecular flexibility index (Phi) is 10.3. The topological polar surface area (TPSA) is 58.6 Å². The Morgan fingerprint density at radius 2 is 1.66 bits per heavy atom. The molecule has 0 radical (unpaired) electrons. The molecule has 2 aromatic carbocycles. The summed E-state index contributed by atoms with van der Waals surface area (Å²) >= 11 is 12.7. The molecule has 174 valence electrons. The lowest BCUT2D eigenvalue weighted by Gasteiger charge is -2.29. The fourth-order valence-corrected chi connectivity index (χ4v) is 3.60. The number of amides is 2. The molecule has 0 aliphatic carbocycles. The van der Waals surface area contributed by atoms with Crippen LogP contribution in [0.3, 0.4) is 0 Å². The summed E-state index contributed by atoms with van der Waals surface area (Å²) in [4.78, 5) is 27.4. The molecule has 0 spiro atoms. The smallest absolute Gasteiger partial charge is 0.242 e. The van der Waals surface area contributed by atoms with E-state index >= 15 is 0 Å². The molecule has 2 amide bonds. The van der Waals surface area contributed by atoms with Gasteiger partial charge in [-0.1, -0.05) is 60.8 Å². The number of carbonyl (C=O) groups excluding carboxylic acids is 2. The van der Waals surface area contributed by atoms with Crippen LogP contribution < -0.4 is 10.1 Å². The van der Waals surface area contributed by atoms with Crippen molar-refractivity contribution in [3.05, 3.63) is 63.6 Å². The third kappa shape index (κ3) is 8.03. The highest BCUT2D eigenvalue weighted by Gasteiger charge is 2.27. The van der Waals surface area contributed by atoms with Crippen molar-refractivity contribution in [2.24, 2.45) is 5.92 Å². The molecule has 0 aliphatic heterocycles. The van der Waals surface area contributed by atoms with Crippen LogP contribution >= 0.6 is 23.2 Å².